The minimum Gasteiger partial charge on any atom is -0.462 e. The van der Waals surface area contributed by atoms with Gasteiger partial charge in [0.05, 0.1) is 34.4 Å². The first-order chi connectivity index (χ1) is 12.4. The summed E-state index contributed by atoms with van der Waals surface area (Å²) in [4.78, 5) is 42.2. The van der Waals surface area contributed by atoms with Gasteiger partial charge in [-0.1, -0.05) is 12.1 Å². The molecule has 1 N–H and O–H groups in total. The van der Waals surface area contributed by atoms with Gasteiger partial charge in [-0.3, -0.25) is 9.59 Å². The Hall–Kier alpha value is -3.00. The molecule has 2 aromatic heterocycles. The lowest BCUT2D eigenvalue weighted by atomic mass is 10.1. The highest BCUT2D eigenvalue weighted by Gasteiger charge is 2.21. The number of para-hydroxylation sites is 1. The number of ether oxygens (including phenoxy) is 1. The van der Waals surface area contributed by atoms with Crippen LogP contribution in [0.15, 0.2) is 35.4 Å². The van der Waals surface area contributed by atoms with Crippen molar-refractivity contribution in [2.75, 3.05) is 11.9 Å². The largest absolute Gasteiger partial charge is 0.462 e. The number of nitrogens with zero attached hydrogens (tertiary/aromatic N) is 2. The maximum Gasteiger partial charge on any atom is 0.340 e. The van der Waals surface area contributed by atoms with Crippen molar-refractivity contribution in [3.05, 3.63) is 57.0 Å². The number of hydrogen-bond donors (Lipinski definition) is 1. The number of rotatable bonds is 4. The van der Waals surface area contributed by atoms with E-state index in [0.717, 1.165) is 11.3 Å². The van der Waals surface area contributed by atoms with E-state index < -0.39 is 11.9 Å². The van der Waals surface area contributed by atoms with Crippen molar-refractivity contribution in [3.63, 3.8) is 0 Å². The monoisotopic (exact) mass is 371 g/mol. The van der Waals surface area contributed by atoms with Gasteiger partial charge in [-0.2, -0.15) is 0 Å². The van der Waals surface area contributed by atoms with Gasteiger partial charge in [0, 0.05) is 7.05 Å². The van der Waals surface area contributed by atoms with Crippen molar-refractivity contribution < 1.29 is 14.3 Å². The number of esters is 1. The first-order valence-corrected chi connectivity index (χ1v) is 8.78. The SMILES string of the molecule is CCOC(=O)c1ccccc1NC(=O)c1sc2ncn(C)c(=O)c2c1C. The fourth-order valence-corrected chi connectivity index (χ4v) is 3.62. The molecule has 3 aromatic rings. The molecule has 8 heteroatoms. The van der Waals surface area contributed by atoms with Crippen LogP contribution in [0.5, 0.6) is 0 Å². The Kier molecular flexibility index (Phi) is 4.85. The third kappa shape index (κ3) is 3.11. The summed E-state index contributed by atoms with van der Waals surface area (Å²) >= 11 is 1.15. The molecular weight excluding hydrogens is 354 g/mol. The molecule has 0 fully saturated rings. The van der Waals surface area contributed by atoms with E-state index >= 15 is 0 Å². The zero-order valence-corrected chi connectivity index (χ0v) is 15.3. The average Bonchev–Trinajstić information content (AvgIpc) is 2.96. The highest BCUT2D eigenvalue weighted by atomic mass is 32.1. The van der Waals surface area contributed by atoms with Gasteiger partial charge in [-0.15, -0.1) is 11.3 Å². The minimum atomic E-state index is -0.507. The van der Waals surface area contributed by atoms with Crippen LogP contribution in [0.4, 0.5) is 5.69 Å². The maximum absolute atomic E-state index is 12.7. The zero-order chi connectivity index (χ0) is 18.8. The molecule has 0 aliphatic heterocycles. The van der Waals surface area contributed by atoms with Crippen LogP contribution in [0, 0.1) is 6.92 Å². The minimum absolute atomic E-state index is 0.199. The molecule has 0 aliphatic carbocycles. The molecule has 134 valence electrons. The molecule has 0 saturated carbocycles. The number of benzene rings is 1. The second-order valence-electron chi connectivity index (χ2n) is 5.62. The van der Waals surface area contributed by atoms with Crippen LogP contribution < -0.4 is 10.9 Å². The van der Waals surface area contributed by atoms with Crippen molar-refractivity contribution in [2.45, 2.75) is 13.8 Å². The molecule has 1 aromatic carbocycles. The molecule has 0 spiro atoms. The first-order valence-electron chi connectivity index (χ1n) is 7.96. The summed E-state index contributed by atoms with van der Waals surface area (Å²) in [5.74, 6) is -0.906. The number of amides is 1. The molecule has 3 rings (SSSR count). The number of anilines is 1. The van der Waals surface area contributed by atoms with E-state index in [2.05, 4.69) is 10.3 Å². The van der Waals surface area contributed by atoms with E-state index in [1.165, 1.54) is 10.9 Å². The normalized spacial score (nSPS) is 10.7. The van der Waals surface area contributed by atoms with Crippen LogP contribution in [0.25, 0.3) is 10.2 Å². The van der Waals surface area contributed by atoms with Gasteiger partial charge >= 0.3 is 5.97 Å². The van der Waals surface area contributed by atoms with Crippen molar-refractivity contribution in [2.24, 2.45) is 7.05 Å². The van der Waals surface area contributed by atoms with Crippen molar-refractivity contribution in [1.29, 1.82) is 0 Å². The molecule has 2 heterocycles. The maximum atomic E-state index is 12.7. The molecule has 0 saturated heterocycles. The molecule has 0 atom stereocenters. The topological polar surface area (TPSA) is 90.3 Å². The third-order valence-corrected chi connectivity index (χ3v) is 5.09. The number of hydrogen-bond acceptors (Lipinski definition) is 6. The van der Waals surface area contributed by atoms with E-state index in [1.54, 1.807) is 45.2 Å². The molecule has 1 amide bonds. The number of nitrogens with one attached hydrogen (secondary N) is 1. The van der Waals surface area contributed by atoms with Crippen molar-refractivity contribution in [1.82, 2.24) is 9.55 Å². The second-order valence-corrected chi connectivity index (χ2v) is 6.62. The van der Waals surface area contributed by atoms with Crippen LogP contribution >= 0.6 is 11.3 Å². The Morgan fingerprint density at radius 1 is 1.31 bits per heavy atom. The summed E-state index contributed by atoms with van der Waals surface area (Å²) < 4.78 is 6.39. The van der Waals surface area contributed by atoms with Crippen LogP contribution in [0.3, 0.4) is 0 Å². The summed E-state index contributed by atoms with van der Waals surface area (Å²) in [6, 6.07) is 6.63. The summed E-state index contributed by atoms with van der Waals surface area (Å²) in [6.45, 7) is 3.67. The van der Waals surface area contributed by atoms with Crippen molar-refractivity contribution in [3.8, 4) is 0 Å². The Balaban J connectivity index is 1.99. The quantitative estimate of drug-likeness (QED) is 0.712. The van der Waals surface area contributed by atoms with Crippen LogP contribution in [0.2, 0.25) is 0 Å². The highest BCUT2D eigenvalue weighted by molar-refractivity contribution is 7.20. The number of carbonyl (C=O) groups is 2. The third-order valence-electron chi connectivity index (χ3n) is 3.89. The van der Waals surface area contributed by atoms with E-state index in [0.29, 0.717) is 26.3 Å². The predicted molar refractivity (Wildman–Crippen MR) is 99.9 cm³/mol. The van der Waals surface area contributed by atoms with Crippen LogP contribution in [0.1, 0.15) is 32.5 Å². The molecule has 0 radical (unpaired) electrons. The van der Waals surface area contributed by atoms with Gasteiger partial charge < -0.3 is 14.6 Å². The Bertz CT molecular complexity index is 1070. The molecule has 0 aliphatic rings. The fraction of sp³-hybridized carbons (Fsp3) is 0.222. The Morgan fingerprint density at radius 2 is 2.04 bits per heavy atom. The fourth-order valence-electron chi connectivity index (χ4n) is 2.58. The summed E-state index contributed by atoms with van der Waals surface area (Å²) in [5.41, 5.74) is 1.00. The lowest BCUT2D eigenvalue weighted by molar-refractivity contribution is 0.0527. The lowest BCUT2D eigenvalue weighted by Gasteiger charge is -2.10. The van der Waals surface area contributed by atoms with Crippen LogP contribution in [-0.2, 0) is 11.8 Å². The van der Waals surface area contributed by atoms with E-state index in [1.807, 2.05) is 0 Å². The van der Waals surface area contributed by atoms with E-state index in [4.69, 9.17) is 4.74 Å². The molecule has 0 unspecified atom stereocenters. The number of aryl methyl sites for hydroxylation is 2. The van der Waals surface area contributed by atoms with Gasteiger partial charge in [-0.25, -0.2) is 9.78 Å². The number of aromatic nitrogens is 2. The number of carbonyl (C=O) groups excluding carboxylic acids is 2. The van der Waals surface area contributed by atoms with Gasteiger partial charge in [0.2, 0.25) is 0 Å². The van der Waals surface area contributed by atoms with Crippen molar-refractivity contribution >= 4 is 39.1 Å². The Morgan fingerprint density at radius 3 is 2.77 bits per heavy atom. The number of fused-ring (bicyclic) bond motifs is 1. The second kappa shape index (κ2) is 7.09. The van der Waals surface area contributed by atoms with Gasteiger partial charge in [0.1, 0.15) is 4.83 Å². The summed E-state index contributed by atoms with van der Waals surface area (Å²) in [7, 11) is 1.61. The summed E-state index contributed by atoms with van der Waals surface area (Å²) in [6.07, 6.45) is 1.43. The van der Waals surface area contributed by atoms with Gasteiger partial charge in [-0.05, 0) is 31.5 Å². The highest BCUT2D eigenvalue weighted by Crippen LogP contribution is 2.28. The lowest BCUT2D eigenvalue weighted by Crippen LogP contribution is -2.17. The average molecular weight is 371 g/mol. The standard InChI is InChI=1S/C18H17N3O4S/c1-4-25-18(24)11-7-5-6-8-12(11)20-15(22)14-10(2)13-16(26-14)19-9-21(3)17(13)23/h5-9H,4H2,1-3H3,(H,20,22). The molecule has 7 nitrogen and oxygen atoms in total. The Labute approximate surface area is 153 Å². The van der Waals surface area contributed by atoms with Gasteiger partial charge in [0.15, 0.2) is 0 Å². The van der Waals surface area contributed by atoms with E-state index in [9.17, 15) is 14.4 Å². The smallest absolute Gasteiger partial charge is 0.340 e. The van der Waals surface area contributed by atoms with E-state index in [-0.39, 0.29) is 17.7 Å². The molecule has 26 heavy (non-hydrogen) atoms. The van der Waals surface area contributed by atoms with Gasteiger partial charge in [0.25, 0.3) is 11.5 Å². The zero-order valence-electron chi connectivity index (χ0n) is 14.5. The van der Waals surface area contributed by atoms with Crippen LogP contribution in [-0.4, -0.2) is 28.0 Å². The number of thiophene rings is 1. The predicted octanol–water partition coefficient (Wildman–Crippen LogP) is 2.73. The molecule has 0 bridgehead atoms. The molecular formula is C18H17N3O4S. The first kappa shape index (κ1) is 17.8. The summed E-state index contributed by atoms with van der Waals surface area (Å²) in [5, 5.41) is 3.17.